The minimum absolute atomic E-state index is 0.0724. The number of aromatic amines is 1. The molecule has 3 aromatic rings. The second kappa shape index (κ2) is 14.2. The highest BCUT2D eigenvalue weighted by molar-refractivity contribution is 5.89. The van der Waals surface area contributed by atoms with E-state index in [0.717, 1.165) is 61.4 Å². The molecule has 2 amide bonds. The number of nitrogens with one attached hydrogen (secondary N) is 3. The minimum atomic E-state index is -0.593. The standard InChI is InChI=1S/C28H38N4O2/c29-18-10-2-1-6-17-27(33)32-26(20-23-21-31-25-16-8-7-15-24(23)25)28(34)30-19-11-9-14-22-12-4-3-5-13-22/h3-5,7-8,12-13,15-16,21,26,31H,1-2,6,9-11,14,17-20,29H2,(H,30,34)(H,32,33). The second-order valence-corrected chi connectivity index (χ2v) is 8.87. The van der Waals surface area contributed by atoms with Crippen LogP contribution in [0.3, 0.4) is 0 Å². The van der Waals surface area contributed by atoms with Gasteiger partial charge in [-0.25, -0.2) is 0 Å². The number of carbonyl (C=O) groups excluding carboxylic acids is 2. The minimum Gasteiger partial charge on any atom is -0.361 e. The second-order valence-electron chi connectivity index (χ2n) is 8.87. The Morgan fingerprint density at radius 3 is 2.47 bits per heavy atom. The first-order valence-corrected chi connectivity index (χ1v) is 12.5. The Labute approximate surface area is 202 Å². The summed E-state index contributed by atoms with van der Waals surface area (Å²) in [6.45, 7) is 1.29. The van der Waals surface area contributed by atoms with Crippen molar-refractivity contribution in [1.82, 2.24) is 15.6 Å². The highest BCUT2D eigenvalue weighted by atomic mass is 16.2. The molecule has 0 fully saturated rings. The number of rotatable bonds is 15. The van der Waals surface area contributed by atoms with Gasteiger partial charge in [-0.15, -0.1) is 0 Å². The average Bonchev–Trinajstić information content (AvgIpc) is 3.26. The summed E-state index contributed by atoms with van der Waals surface area (Å²) in [6, 6.07) is 17.8. The van der Waals surface area contributed by atoms with E-state index in [4.69, 9.17) is 5.73 Å². The van der Waals surface area contributed by atoms with E-state index in [1.807, 2.05) is 48.7 Å². The molecule has 6 nitrogen and oxygen atoms in total. The molecular weight excluding hydrogens is 424 g/mol. The van der Waals surface area contributed by atoms with Gasteiger partial charge < -0.3 is 21.4 Å². The molecule has 0 spiro atoms. The van der Waals surface area contributed by atoms with Crippen molar-refractivity contribution in [3.63, 3.8) is 0 Å². The molecule has 3 rings (SSSR count). The lowest BCUT2D eigenvalue weighted by Crippen LogP contribution is -2.48. The van der Waals surface area contributed by atoms with E-state index in [9.17, 15) is 9.59 Å². The number of aryl methyl sites for hydroxylation is 1. The van der Waals surface area contributed by atoms with E-state index in [0.29, 0.717) is 25.9 Å². The Kier molecular flexibility index (Phi) is 10.7. The first kappa shape index (κ1) is 25.5. The number of H-pyrrole nitrogens is 1. The smallest absolute Gasteiger partial charge is 0.242 e. The van der Waals surface area contributed by atoms with E-state index in [2.05, 4.69) is 27.8 Å². The number of para-hydroxylation sites is 1. The summed E-state index contributed by atoms with van der Waals surface area (Å²) >= 11 is 0. The van der Waals surface area contributed by atoms with Gasteiger partial charge in [0.05, 0.1) is 0 Å². The number of aromatic nitrogens is 1. The van der Waals surface area contributed by atoms with Crippen LogP contribution in [-0.2, 0) is 22.4 Å². The molecule has 2 aromatic carbocycles. The van der Waals surface area contributed by atoms with Crippen molar-refractivity contribution < 1.29 is 9.59 Å². The molecule has 0 saturated carbocycles. The van der Waals surface area contributed by atoms with Crippen molar-refractivity contribution in [2.24, 2.45) is 5.73 Å². The van der Waals surface area contributed by atoms with Crippen LogP contribution in [0.4, 0.5) is 0 Å². The number of carbonyl (C=O) groups is 2. The normalized spacial score (nSPS) is 11.9. The topological polar surface area (TPSA) is 100 Å². The molecule has 182 valence electrons. The van der Waals surface area contributed by atoms with Crippen molar-refractivity contribution in [3.8, 4) is 0 Å². The molecule has 0 radical (unpaired) electrons. The molecule has 1 heterocycles. The van der Waals surface area contributed by atoms with Gasteiger partial charge in [-0.2, -0.15) is 0 Å². The lowest BCUT2D eigenvalue weighted by atomic mass is 10.0. The SMILES string of the molecule is NCCCCCCC(=O)NC(Cc1c[nH]c2ccccc12)C(=O)NCCCCc1ccccc1. The summed E-state index contributed by atoms with van der Waals surface area (Å²) in [5.41, 5.74) is 8.91. The Balaban J connectivity index is 1.52. The Bertz CT molecular complexity index is 1020. The number of unbranched alkanes of at least 4 members (excludes halogenated alkanes) is 4. The maximum atomic E-state index is 13.0. The van der Waals surface area contributed by atoms with Crippen molar-refractivity contribution >= 4 is 22.7 Å². The summed E-state index contributed by atoms with van der Waals surface area (Å²) in [5, 5.41) is 7.11. The van der Waals surface area contributed by atoms with Crippen LogP contribution in [0.15, 0.2) is 60.8 Å². The van der Waals surface area contributed by atoms with E-state index < -0.39 is 6.04 Å². The Morgan fingerprint density at radius 1 is 0.882 bits per heavy atom. The predicted molar refractivity (Wildman–Crippen MR) is 138 cm³/mol. The molecule has 34 heavy (non-hydrogen) atoms. The van der Waals surface area contributed by atoms with Gasteiger partial charge in [0.15, 0.2) is 0 Å². The Morgan fingerprint density at radius 2 is 1.65 bits per heavy atom. The van der Waals surface area contributed by atoms with Crippen LogP contribution in [0.5, 0.6) is 0 Å². The molecule has 1 atom stereocenters. The van der Waals surface area contributed by atoms with Gasteiger partial charge in [-0.3, -0.25) is 9.59 Å². The molecule has 6 heteroatoms. The van der Waals surface area contributed by atoms with Crippen molar-refractivity contribution in [3.05, 3.63) is 71.9 Å². The van der Waals surface area contributed by atoms with Gasteiger partial charge >= 0.3 is 0 Å². The number of benzene rings is 2. The average molecular weight is 463 g/mol. The Hall–Kier alpha value is -3.12. The van der Waals surface area contributed by atoms with Gasteiger partial charge in [0, 0.05) is 36.5 Å². The third-order valence-corrected chi connectivity index (χ3v) is 6.14. The number of nitrogens with two attached hydrogens (primary N) is 1. The van der Waals surface area contributed by atoms with E-state index >= 15 is 0 Å². The van der Waals surface area contributed by atoms with Crippen LogP contribution in [0.1, 0.15) is 56.1 Å². The van der Waals surface area contributed by atoms with Crippen LogP contribution < -0.4 is 16.4 Å². The van der Waals surface area contributed by atoms with Crippen LogP contribution in [-0.4, -0.2) is 35.9 Å². The fraction of sp³-hybridized carbons (Fsp3) is 0.429. The molecule has 0 aliphatic rings. The van der Waals surface area contributed by atoms with Gasteiger partial charge in [0.25, 0.3) is 0 Å². The summed E-state index contributed by atoms with van der Waals surface area (Å²) < 4.78 is 0. The molecule has 5 N–H and O–H groups in total. The zero-order valence-corrected chi connectivity index (χ0v) is 20.0. The van der Waals surface area contributed by atoms with E-state index in [-0.39, 0.29) is 11.8 Å². The molecule has 0 aliphatic heterocycles. The molecule has 0 saturated heterocycles. The first-order chi connectivity index (χ1) is 16.7. The zero-order valence-electron chi connectivity index (χ0n) is 20.0. The summed E-state index contributed by atoms with van der Waals surface area (Å²) in [7, 11) is 0. The number of hydrogen-bond donors (Lipinski definition) is 4. The molecule has 0 bridgehead atoms. The van der Waals surface area contributed by atoms with E-state index in [1.165, 1.54) is 5.56 Å². The van der Waals surface area contributed by atoms with Crippen molar-refractivity contribution in [1.29, 1.82) is 0 Å². The summed E-state index contributed by atoms with van der Waals surface area (Å²) in [5.74, 6) is -0.196. The fourth-order valence-corrected chi connectivity index (χ4v) is 4.21. The zero-order chi connectivity index (χ0) is 24.0. The maximum Gasteiger partial charge on any atom is 0.242 e. The van der Waals surface area contributed by atoms with E-state index in [1.54, 1.807) is 0 Å². The summed E-state index contributed by atoms with van der Waals surface area (Å²) in [4.78, 5) is 28.9. The first-order valence-electron chi connectivity index (χ1n) is 12.5. The number of amides is 2. The monoisotopic (exact) mass is 462 g/mol. The molecule has 0 aliphatic carbocycles. The lowest BCUT2D eigenvalue weighted by molar-refractivity contribution is -0.129. The van der Waals surface area contributed by atoms with Crippen molar-refractivity contribution in [2.75, 3.05) is 13.1 Å². The molecular formula is C28H38N4O2. The van der Waals surface area contributed by atoms with Gasteiger partial charge in [0.1, 0.15) is 6.04 Å². The van der Waals surface area contributed by atoms with Gasteiger partial charge in [-0.05, 0) is 55.8 Å². The number of fused-ring (bicyclic) bond motifs is 1. The number of hydrogen-bond acceptors (Lipinski definition) is 3. The third-order valence-electron chi connectivity index (χ3n) is 6.14. The predicted octanol–water partition coefficient (Wildman–Crippen LogP) is 4.24. The maximum absolute atomic E-state index is 13.0. The largest absolute Gasteiger partial charge is 0.361 e. The highest BCUT2D eigenvalue weighted by Gasteiger charge is 2.22. The lowest BCUT2D eigenvalue weighted by Gasteiger charge is -2.18. The van der Waals surface area contributed by atoms with Crippen LogP contribution >= 0.6 is 0 Å². The molecule has 1 aromatic heterocycles. The van der Waals surface area contributed by atoms with Crippen molar-refractivity contribution in [2.45, 2.75) is 63.8 Å². The molecule has 1 unspecified atom stereocenters. The van der Waals surface area contributed by atoms with Gasteiger partial charge in [-0.1, -0.05) is 61.4 Å². The van der Waals surface area contributed by atoms with Gasteiger partial charge in [0.2, 0.25) is 11.8 Å². The fourth-order valence-electron chi connectivity index (χ4n) is 4.21. The van der Waals surface area contributed by atoms with Crippen LogP contribution in [0.2, 0.25) is 0 Å². The third kappa shape index (κ3) is 8.34. The quantitative estimate of drug-likeness (QED) is 0.254. The van der Waals surface area contributed by atoms with Crippen LogP contribution in [0, 0.1) is 0 Å². The highest BCUT2D eigenvalue weighted by Crippen LogP contribution is 2.19. The summed E-state index contributed by atoms with van der Waals surface area (Å²) in [6.07, 6.45) is 9.53. The van der Waals surface area contributed by atoms with Crippen LogP contribution in [0.25, 0.3) is 10.9 Å².